The maximum Gasteiger partial charge on any atom is 0.313 e. The molecule has 0 atom stereocenters. The summed E-state index contributed by atoms with van der Waals surface area (Å²) in [6, 6.07) is 6.33. The molecule has 0 aromatic heterocycles. The number of rotatable bonds is 5. The van der Waals surface area contributed by atoms with Crippen LogP contribution in [-0.2, 0) is 10.1 Å². The quantitative estimate of drug-likeness (QED) is 0.585. The summed E-state index contributed by atoms with van der Waals surface area (Å²) < 4.78 is 32.7. The average Bonchev–Trinajstić information content (AvgIpc) is 2.16. The van der Waals surface area contributed by atoms with Crippen LogP contribution < -0.4 is 8.92 Å². The zero-order valence-electron chi connectivity index (χ0n) is 9.26. The lowest BCUT2D eigenvalue weighted by molar-refractivity contribution is 0.413. The van der Waals surface area contributed by atoms with E-state index in [1.54, 1.807) is 19.1 Å². The molecule has 5 heteroatoms. The number of hydrogen-bond acceptors (Lipinski definition) is 4. The van der Waals surface area contributed by atoms with Gasteiger partial charge in [0.05, 0.1) is 7.11 Å². The second-order valence-corrected chi connectivity index (χ2v) is 4.99. The Labute approximate surface area is 95.6 Å². The summed E-state index contributed by atoms with van der Waals surface area (Å²) in [5, 5.41) is 0. The summed E-state index contributed by atoms with van der Waals surface area (Å²) >= 11 is 0. The maximum atomic E-state index is 11.5. The van der Waals surface area contributed by atoms with Gasteiger partial charge in [-0.1, -0.05) is 12.2 Å². The van der Waals surface area contributed by atoms with Crippen molar-refractivity contribution in [1.29, 1.82) is 0 Å². The molecule has 0 N–H and O–H groups in total. The van der Waals surface area contributed by atoms with E-state index in [1.165, 1.54) is 19.2 Å². The first kappa shape index (κ1) is 12.6. The fourth-order valence-electron chi connectivity index (χ4n) is 1.11. The Morgan fingerprint density at radius 3 is 2.19 bits per heavy atom. The lowest BCUT2D eigenvalue weighted by atomic mass is 10.3. The van der Waals surface area contributed by atoms with E-state index in [-0.39, 0.29) is 11.5 Å². The highest BCUT2D eigenvalue weighted by Crippen LogP contribution is 2.19. The number of benzene rings is 1. The third-order valence-electron chi connectivity index (χ3n) is 1.71. The van der Waals surface area contributed by atoms with Crippen molar-refractivity contribution in [2.45, 2.75) is 6.92 Å². The molecule has 0 spiro atoms. The molecule has 0 bridgehead atoms. The fraction of sp³-hybridized carbons (Fsp3) is 0.273. The minimum Gasteiger partial charge on any atom is -0.497 e. The third-order valence-corrected chi connectivity index (χ3v) is 3.00. The topological polar surface area (TPSA) is 52.6 Å². The second-order valence-electron chi connectivity index (χ2n) is 3.42. The monoisotopic (exact) mass is 242 g/mol. The van der Waals surface area contributed by atoms with Crippen molar-refractivity contribution in [2.24, 2.45) is 0 Å². The SMILES string of the molecule is C=C(C)CS(=O)(=O)Oc1ccc(OC)cc1. The van der Waals surface area contributed by atoms with Gasteiger partial charge >= 0.3 is 10.1 Å². The van der Waals surface area contributed by atoms with E-state index in [0.29, 0.717) is 11.3 Å². The van der Waals surface area contributed by atoms with Crippen LogP contribution in [0.5, 0.6) is 11.5 Å². The van der Waals surface area contributed by atoms with Crippen molar-refractivity contribution in [3.8, 4) is 11.5 Å². The van der Waals surface area contributed by atoms with Crippen LogP contribution in [0, 0.1) is 0 Å². The van der Waals surface area contributed by atoms with E-state index in [1.807, 2.05) is 0 Å². The van der Waals surface area contributed by atoms with Crippen LogP contribution >= 0.6 is 0 Å². The molecule has 0 saturated heterocycles. The minimum absolute atomic E-state index is 0.182. The molecule has 0 amide bonds. The van der Waals surface area contributed by atoms with Crippen LogP contribution in [0.25, 0.3) is 0 Å². The molecule has 88 valence electrons. The second kappa shape index (κ2) is 5.03. The molecular formula is C11H14O4S. The van der Waals surface area contributed by atoms with Gasteiger partial charge in [-0.15, -0.1) is 0 Å². The van der Waals surface area contributed by atoms with Gasteiger partial charge in [-0.25, -0.2) is 0 Å². The van der Waals surface area contributed by atoms with Crippen LogP contribution in [0.1, 0.15) is 6.92 Å². The number of hydrogen-bond donors (Lipinski definition) is 0. The van der Waals surface area contributed by atoms with Crippen LogP contribution in [0.3, 0.4) is 0 Å². The van der Waals surface area contributed by atoms with Crippen molar-refractivity contribution in [3.05, 3.63) is 36.4 Å². The summed E-state index contributed by atoms with van der Waals surface area (Å²) in [6.45, 7) is 5.16. The molecule has 0 saturated carbocycles. The van der Waals surface area contributed by atoms with Gasteiger partial charge in [0.2, 0.25) is 0 Å². The molecular weight excluding hydrogens is 228 g/mol. The van der Waals surface area contributed by atoms with E-state index >= 15 is 0 Å². The molecule has 0 radical (unpaired) electrons. The number of ether oxygens (including phenoxy) is 1. The molecule has 0 unspecified atom stereocenters. The van der Waals surface area contributed by atoms with Crippen LogP contribution in [0.15, 0.2) is 36.4 Å². The predicted octanol–water partition coefficient (Wildman–Crippen LogP) is 1.98. The Hall–Kier alpha value is -1.49. The third kappa shape index (κ3) is 3.94. The Kier molecular flexibility index (Phi) is 3.95. The van der Waals surface area contributed by atoms with Gasteiger partial charge in [0.1, 0.15) is 17.3 Å². The zero-order chi connectivity index (χ0) is 12.2. The Balaban J connectivity index is 2.76. The Bertz CT molecular complexity index is 459. The maximum absolute atomic E-state index is 11.5. The lowest BCUT2D eigenvalue weighted by Gasteiger charge is -2.07. The molecule has 0 fully saturated rings. The van der Waals surface area contributed by atoms with Crippen LogP contribution in [0.2, 0.25) is 0 Å². The first-order valence-electron chi connectivity index (χ1n) is 4.63. The highest BCUT2D eigenvalue weighted by molar-refractivity contribution is 7.87. The summed E-state index contributed by atoms with van der Waals surface area (Å²) in [4.78, 5) is 0. The zero-order valence-corrected chi connectivity index (χ0v) is 10.1. The molecule has 1 aromatic carbocycles. The van der Waals surface area contributed by atoms with Crippen molar-refractivity contribution < 1.29 is 17.3 Å². The summed E-state index contributed by atoms with van der Waals surface area (Å²) in [5.41, 5.74) is 0.536. The predicted molar refractivity (Wildman–Crippen MR) is 62.2 cm³/mol. The van der Waals surface area contributed by atoms with Gasteiger partial charge in [0, 0.05) is 0 Å². The molecule has 0 heterocycles. The normalized spacial score (nSPS) is 10.9. The highest BCUT2D eigenvalue weighted by Gasteiger charge is 2.12. The summed E-state index contributed by atoms with van der Waals surface area (Å²) in [6.07, 6.45) is 0. The van der Waals surface area contributed by atoms with Crippen LogP contribution in [-0.4, -0.2) is 21.3 Å². The average molecular weight is 242 g/mol. The summed E-state index contributed by atoms with van der Waals surface area (Å²) in [7, 11) is -2.06. The molecule has 0 aliphatic carbocycles. The first-order valence-corrected chi connectivity index (χ1v) is 6.21. The van der Waals surface area contributed by atoms with Gasteiger partial charge < -0.3 is 8.92 Å². The smallest absolute Gasteiger partial charge is 0.313 e. The van der Waals surface area contributed by atoms with E-state index in [0.717, 1.165) is 0 Å². The van der Waals surface area contributed by atoms with Crippen molar-refractivity contribution in [1.82, 2.24) is 0 Å². The Morgan fingerprint density at radius 1 is 1.25 bits per heavy atom. The highest BCUT2D eigenvalue weighted by atomic mass is 32.2. The van der Waals surface area contributed by atoms with Gasteiger partial charge in [0.15, 0.2) is 0 Å². The van der Waals surface area contributed by atoms with Gasteiger partial charge in [0.25, 0.3) is 0 Å². The van der Waals surface area contributed by atoms with Gasteiger partial charge in [-0.3, -0.25) is 0 Å². The van der Waals surface area contributed by atoms with Gasteiger partial charge in [-0.2, -0.15) is 8.42 Å². The first-order chi connectivity index (χ1) is 7.43. The van der Waals surface area contributed by atoms with E-state index in [2.05, 4.69) is 6.58 Å². The standard InChI is InChI=1S/C11H14O4S/c1-9(2)8-16(12,13)15-11-6-4-10(14-3)5-7-11/h4-7H,1,8H2,2-3H3. The lowest BCUT2D eigenvalue weighted by Crippen LogP contribution is -2.14. The van der Waals surface area contributed by atoms with Crippen molar-refractivity contribution in [2.75, 3.05) is 12.9 Å². The molecule has 1 rings (SSSR count). The molecule has 1 aromatic rings. The summed E-state index contributed by atoms with van der Waals surface area (Å²) in [5.74, 6) is 0.727. The van der Waals surface area contributed by atoms with Crippen LogP contribution in [0.4, 0.5) is 0 Å². The van der Waals surface area contributed by atoms with Crippen molar-refractivity contribution >= 4 is 10.1 Å². The number of methoxy groups -OCH3 is 1. The molecule has 0 aliphatic heterocycles. The largest absolute Gasteiger partial charge is 0.497 e. The molecule has 0 aliphatic rings. The Morgan fingerprint density at radius 2 is 1.75 bits per heavy atom. The van der Waals surface area contributed by atoms with Crippen molar-refractivity contribution in [3.63, 3.8) is 0 Å². The van der Waals surface area contributed by atoms with Gasteiger partial charge in [-0.05, 0) is 31.2 Å². The fourth-order valence-corrected chi connectivity index (χ4v) is 2.18. The minimum atomic E-state index is -3.59. The molecule has 16 heavy (non-hydrogen) atoms. The van der Waals surface area contributed by atoms with E-state index in [9.17, 15) is 8.42 Å². The molecule has 4 nitrogen and oxygen atoms in total. The van der Waals surface area contributed by atoms with E-state index in [4.69, 9.17) is 8.92 Å². The van der Waals surface area contributed by atoms with E-state index < -0.39 is 10.1 Å².